The van der Waals surface area contributed by atoms with Crippen molar-refractivity contribution < 1.29 is 0 Å². The predicted molar refractivity (Wildman–Crippen MR) is 88.6 cm³/mol. The van der Waals surface area contributed by atoms with Gasteiger partial charge in [-0.25, -0.2) is 0 Å². The van der Waals surface area contributed by atoms with Gasteiger partial charge in [0, 0.05) is 43.0 Å². The number of para-hydroxylation sites is 1. The summed E-state index contributed by atoms with van der Waals surface area (Å²) in [5.41, 5.74) is 15.9. The maximum Gasteiger partial charge on any atom is 0.110 e. The van der Waals surface area contributed by atoms with E-state index >= 15 is 0 Å². The van der Waals surface area contributed by atoms with Gasteiger partial charge in [-0.05, 0) is 31.4 Å². The summed E-state index contributed by atoms with van der Waals surface area (Å²) >= 11 is 0. The number of benzene rings is 1. The molecule has 1 aromatic rings. The Bertz CT molecular complexity index is 551. The van der Waals surface area contributed by atoms with Gasteiger partial charge in [0.2, 0.25) is 0 Å². The summed E-state index contributed by atoms with van der Waals surface area (Å²) in [7, 11) is 4.14. The molecule has 2 aliphatic rings. The van der Waals surface area contributed by atoms with Crippen LogP contribution >= 0.6 is 0 Å². The third-order valence-corrected chi connectivity index (χ3v) is 4.80. The molecule has 3 atom stereocenters. The van der Waals surface area contributed by atoms with Crippen LogP contribution in [-0.2, 0) is 0 Å². The van der Waals surface area contributed by atoms with Crippen LogP contribution < -0.4 is 16.8 Å². The zero-order valence-corrected chi connectivity index (χ0v) is 13.0. The molecule has 0 amide bonds. The lowest BCUT2D eigenvalue weighted by molar-refractivity contribution is 0.247. The number of nitrogens with one attached hydrogen (secondary N) is 1. The van der Waals surface area contributed by atoms with Crippen LogP contribution in [-0.4, -0.2) is 30.7 Å². The van der Waals surface area contributed by atoms with E-state index in [4.69, 9.17) is 11.5 Å². The molecule has 0 bridgehead atoms. The van der Waals surface area contributed by atoms with E-state index in [1.807, 2.05) is 0 Å². The molecular weight excluding hydrogens is 260 g/mol. The molecule has 114 valence electrons. The molecule has 4 heteroatoms. The first kappa shape index (κ1) is 14.4. The number of anilines is 1. The van der Waals surface area contributed by atoms with Crippen LogP contribution in [0.25, 0.3) is 5.70 Å². The molecule has 0 aromatic heterocycles. The molecule has 1 aliphatic heterocycles. The Morgan fingerprint density at radius 1 is 1.24 bits per heavy atom. The molecule has 3 unspecified atom stereocenters. The average Bonchev–Trinajstić information content (AvgIpc) is 2.46. The number of fused-ring (bicyclic) bond motifs is 1. The summed E-state index contributed by atoms with van der Waals surface area (Å²) in [5.74, 6) is 0.379. The van der Waals surface area contributed by atoms with Crippen LogP contribution in [0.15, 0.2) is 30.3 Å². The second kappa shape index (κ2) is 5.35. The van der Waals surface area contributed by atoms with Crippen LogP contribution in [0.2, 0.25) is 0 Å². The quantitative estimate of drug-likeness (QED) is 0.779. The van der Waals surface area contributed by atoms with Gasteiger partial charge in [-0.2, -0.15) is 0 Å². The topological polar surface area (TPSA) is 67.3 Å². The normalized spacial score (nSPS) is 31.9. The van der Waals surface area contributed by atoms with E-state index in [0.717, 1.165) is 24.9 Å². The lowest BCUT2D eigenvalue weighted by Crippen LogP contribution is -2.56. The van der Waals surface area contributed by atoms with Gasteiger partial charge in [0.25, 0.3) is 0 Å². The van der Waals surface area contributed by atoms with Crippen LogP contribution in [0.4, 0.5) is 5.69 Å². The maximum atomic E-state index is 6.77. The van der Waals surface area contributed by atoms with Gasteiger partial charge in [-0.1, -0.05) is 24.6 Å². The summed E-state index contributed by atoms with van der Waals surface area (Å²) in [5, 5.41) is 3.57. The van der Waals surface area contributed by atoms with E-state index in [2.05, 4.69) is 54.7 Å². The molecule has 1 heterocycles. The number of nitrogens with zero attached hydrogens (tertiary/aromatic N) is 1. The van der Waals surface area contributed by atoms with Crippen molar-refractivity contribution in [3.8, 4) is 0 Å². The highest BCUT2D eigenvalue weighted by atomic mass is 15.2. The first-order valence-corrected chi connectivity index (χ1v) is 7.82. The fourth-order valence-corrected chi connectivity index (χ4v) is 3.64. The molecule has 1 saturated carbocycles. The van der Waals surface area contributed by atoms with E-state index in [-0.39, 0.29) is 6.04 Å². The fourth-order valence-electron chi connectivity index (χ4n) is 3.64. The van der Waals surface area contributed by atoms with Crippen molar-refractivity contribution in [3.05, 3.63) is 35.9 Å². The molecule has 21 heavy (non-hydrogen) atoms. The molecule has 1 aromatic carbocycles. The number of hydrogen-bond acceptors (Lipinski definition) is 4. The lowest BCUT2D eigenvalue weighted by Gasteiger charge is -2.44. The third kappa shape index (κ3) is 2.65. The molecule has 1 fully saturated rings. The average molecular weight is 286 g/mol. The Morgan fingerprint density at radius 3 is 2.71 bits per heavy atom. The van der Waals surface area contributed by atoms with E-state index in [1.54, 1.807) is 0 Å². The third-order valence-electron chi connectivity index (χ3n) is 4.80. The van der Waals surface area contributed by atoms with Crippen LogP contribution in [0, 0.1) is 5.92 Å². The van der Waals surface area contributed by atoms with E-state index in [1.165, 1.54) is 17.7 Å². The fraction of sp³-hybridized carbons (Fsp3) is 0.529. The van der Waals surface area contributed by atoms with Crippen molar-refractivity contribution >= 4 is 11.4 Å². The second-order valence-electron chi connectivity index (χ2n) is 6.65. The largest absolute Gasteiger partial charge is 0.377 e. The predicted octanol–water partition coefficient (Wildman–Crippen LogP) is 2.19. The van der Waals surface area contributed by atoms with E-state index in [0.29, 0.717) is 5.92 Å². The molecular formula is C17H26N4. The first-order valence-electron chi connectivity index (χ1n) is 7.82. The van der Waals surface area contributed by atoms with Crippen molar-refractivity contribution in [1.29, 1.82) is 0 Å². The monoisotopic (exact) mass is 286 g/mol. The zero-order chi connectivity index (χ0) is 15.0. The highest BCUT2D eigenvalue weighted by Crippen LogP contribution is 2.39. The molecule has 1 aliphatic carbocycles. The molecule has 0 spiro atoms. The van der Waals surface area contributed by atoms with Gasteiger partial charge >= 0.3 is 0 Å². The Balaban J connectivity index is 1.99. The van der Waals surface area contributed by atoms with Crippen molar-refractivity contribution in [2.45, 2.75) is 37.4 Å². The Labute approximate surface area is 127 Å². The molecule has 0 radical (unpaired) electrons. The summed E-state index contributed by atoms with van der Waals surface area (Å²) < 4.78 is 0. The van der Waals surface area contributed by atoms with Gasteiger partial charge < -0.3 is 21.7 Å². The van der Waals surface area contributed by atoms with Crippen molar-refractivity contribution in [2.75, 3.05) is 19.4 Å². The van der Waals surface area contributed by atoms with Gasteiger partial charge in [0.15, 0.2) is 0 Å². The van der Waals surface area contributed by atoms with Crippen LogP contribution in [0.1, 0.15) is 31.2 Å². The lowest BCUT2D eigenvalue weighted by atomic mass is 9.76. The van der Waals surface area contributed by atoms with Gasteiger partial charge in [-0.15, -0.1) is 0 Å². The smallest absolute Gasteiger partial charge is 0.110 e. The second-order valence-corrected chi connectivity index (χ2v) is 6.65. The number of nitrogens with two attached hydrogens (primary N) is 2. The summed E-state index contributed by atoms with van der Waals surface area (Å²) in [6, 6.07) is 8.64. The van der Waals surface area contributed by atoms with E-state index in [9.17, 15) is 0 Å². The summed E-state index contributed by atoms with van der Waals surface area (Å²) in [6.45, 7) is 0. The summed E-state index contributed by atoms with van der Waals surface area (Å²) in [6.07, 6.45) is 6.60. The highest BCUT2D eigenvalue weighted by Gasteiger charge is 2.39. The van der Waals surface area contributed by atoms with Gasteiger partial charge in [0.1, 0.15) is 5.66 Å². The maximum absolute atomic E-state index is 6.77. The molecule has 5 N–H and O–H groups in total. The minimum absolute atomic E-state index is 0.277. The Hall–Kier alpha value is -1.52. The van der Waals surface area contributed by atoms with Crippen molar-refractivity contribution in [3.63, 3.8) is 0 Å². The van der Waals surface area contributed by atoms with Crippen LogP contribution in [0.3, 0.4) is 0 Å². The Kier molecular flexibility index (Phi) is 3.68. The molecule has 0 saturated heterocycles. The molecule has 4 nitrogen and oxygen atoms in total. The SMILES string of the molecule is CN(C)C1=CC(N)(C2CCCC(N)C2)Nc2ccccc21. The molecule has 3 rings (SSSR count). The first-order chi connectivity index (χ1) is 9.99. The van der Waals surface area contributed by atoms with Crippen molar-refractivity contribution in [1.82, 2.24) is 4.90 Å². The van der Waals surface area contributed by atoms with Gasteiger partial charge in [-0.3, -0.25) is 0 Å². The Morgan fingerprint density at radius 2 is 2.00 bits per heavy atom. The zero-order valence-electron chi connectivity index (χ0n) is 13.0. The minimum atomic E-state index is -0.508. The minimum Gasteiger partial charge on any atom is -0.377 e. The number of hydrogen-bond donors (Lipinski definition) is 3. The van der Waals surface area contributed by atoms with E-state index < -0.39 is 5.66 Å². The standard InChI is InChI=1S/C17H26N4/c1-21(2)16-11-17(19,12-6-5-7-13(18)10-12)20-15-9-4-3-8-14(15)16/h3-4,8-9,11-13,20H,5-7,10,18-19H2,1-2H3. The number of rotatable bonds is 2. The van der Waals surface area contributed by atoms with Gasteiger partial charge in [0.05, 0.1) is 0 Å². The highest BCUT2D eigenvalue weighted by molar-refractivity contribution is 5.80. The van der Waals surface area contributed by atoms with Crippen LogP contribution in [0.5, 0.6) is 0 Å². The van der Waals surface area contributed by atoms with Crippen molar-refractivity contribution in [2.24, 2.45) is 17.4 Å². The summed E-state index contributed by atoms with van der Waals surface area (Å²) in [4.78, 5) is 2.14.